The summed E-state index contributed by atoms with van der Waals surface area (Å²) in [7, 11) is -3.11. The summed E-state index contributed by atoms with van der Waals surface area (Å²) in [4.78, 5) is 0.416. The summed E-state index contributed by atoms with van der Waals surface area (Å²) in [5.74, 6) is 0.212. The Balaban J connectivity index is 2.05. The van der Waals surface area contributed by atoms with Gasteiger partial charge in [0.2, 0.25) is 0 Å². The average Bonchev–Trinajstić information content (AvgIpc) is 2.42. The lowest BCUT2D eigenvalue weighted by atomic mass is 9.99. The van der Waals surface area contributed by atoms with E-state index < -0.39 is 9.84 Å². The summed E-state index contributed by atoms with van der Waals surface area (Å²) < 4.78 is 23.9. The molecule has 0 aromatic heterocycles. The Morgan fingerprint density at radius 2 is 2.00 bits per heavy atom. The third-order valence-electron chi connectivity index (χ3n) is 3.80. The van der Waals surface area contributed by atoms with Crippen LogP contribution in [0.1, 0.15) is 33.1 Å². The number of piperidine rings is 1. The van der Waals surface area contributed by atoms with Crippen molar-refractivity contribution in [3.05, 3.63) is 24.3 Å². The molecule has 2 atom stereocenters. The Kier molecular flexibility index (Phi) is 5.05. The lowest BCUT2D eigenvalue weighted by Crippen LogP contribution is -2.46. The Labute approximate surface area is 121 Å². The molecule has 0 radical (unpaired) electrons. The van der Waals surface area contributed by atoms with Gasteiger partial charge in [-0.25, -0.2) is 8.42 Å². The Hall–Kier alpha value is -1.07. The highest BCUT2D eigenvalue weighted by Crippen LogP contribution is 2.19. The number of benzene rings is 1. The van der Waals surface area contributed by atoms with Crippen LogP contribution in [0, 0.1) is 0 Å². The lowest BCUT2D eigenvalue weighted by molar-refractivity contribution is 0.389. The van der Waals surface area contributed by atoms with E-state index in [0.717, 1.165) is 18.7 Å². The van der Waals surface area contributed by atoms with Gasteiger partial charge in [-0.1, -0.05) is 6.92 Å². The van der Waals surface area contributed by atoms with E-state index in [2.05, 4.69) is 17.6 Å². The molecule has 0 spiro atoms. The molecule has 4 nitrogen and oxygen atoms in total. The van der Waals surface area contributed by atoms with Gasteiger partial charge in [-0.15, -0.1) is 0 Å². The maximum atomic E-state index is 12.0. The van der Waals surface area contributed by atoms with Gasteiger partial charge >= 0.3 is 0 Å². The van der Waals surface area contributed by atoms with Crippen LogP contribution in [0.5, 0.6) is 0 Å². The number of hydrogen-bond donors (Lipinski definition) is 2. The van der Waals surface area contributed by atoms with Gasteiger partial charge in [0, 0.05) is 17.8 Å². The van der Waals surface area contributed by atoms with Gasteiger partial charge in [0.25, 0.3) is 0 Å². The number of nitrogens with one attached hydrogen (secondary N) is 2. The predicted octanol–water partition coefficient (Wildman–Crippen LogP) is 2.42. The predicted molar refractivity (Wildman–Crippen MR) is 82.9 cm³/mol. The summed E-state index contributed by atoms with van der Waals surface area (Å²) in [6.45, 7) is 5.13. The summed E-state index contributed by atoms with van der Waals surface area (Å²) in [6, 6.07) is 7.98. The van der Waals surface area contributed by atoms with E-state index in [0.29, 0.717) is 23.4 Å². The van der Waals surface area contributed by atoms with Gasteiger partial charge in [0.05, 0.1) is 10.6 Å². The highest BCUT2D eigenvalue weighted by Gasteiger charge is 2.20. The monoisotopic (exact) mass is 296 g/mol. The molecule has 2 unspecified atom stereocenters. The molecule has 112 valence electrons. The van der Waals surface area contributed by atoms with Crippen molar-refractivity contribution in [3.63, 3.8) is 0 Å². The first kappa shape index (κ1) is 15.3. The van der Waals surface area contributed by atoms with Crippen molar-refractivity contribution in [2.24, 2.45) is 0 Å². The second-order valence-electron chi connectivity index (χ2n) is 5.48. The zero-order valence-electron chi connectivity index (χ0n) is 12.2. The van der Waals surface area contributed by atoms with E-state index in [1.54, 1.807) is 12.1 Å². The maximum absolute atomic E-state index is 12.0. The quantitative estimate of drug-likeness (QED) is 0.876. The number of rotatable bonds is 5. The number of hydrogen-bond acceptors (Lipinski definition) is 4. The Morgan fingerprint density at radius 3 is 2.60 bits per heavy atom. The second-order valence-corrected chi connectivity index (χ2v) is 7.59. The van der Waals surface area contributed by atoms with Crippen LogP contribution in [0.2, 0.25) is 0 Å². The summed E-state index contributed by atoms with van der Waals surface area (Å²) in [5, 5.41) is 6.93. The minimum atomic E-state index is -3.11. The molecule has 0 amide bonds. The first-order valence-corrected chi connectivity index (χ1v) is 9.01. The lowest BCUT2D eigenvalue weighted by Gasteiger charge is -2.31. The average molecular weight is 296 g/mol. The number of anilines is 1. The standard InChI is InChI=1S/C15H24N2O2S/c1-3-11-20(18,19)14-8-6-13(7-9-14)17-15-5-4-10-16-12(15)2/h6-9,12,15-17H,3-5,10-11H2,1-2H3. The molecule has 1 aromatic carbocycles. The molecule has 20 heavy (non-hydrogen) atoms. The van der Waals surface area contributed by atoms with E-state index in [1.807, 2.05) is 19.1 Å². The first-order chi connectivity index (χ1) is 9.53. The molecular formula is C15H24N2O2S. The van der Waals surface area contributed by atoms with Crippen molar-refractivity contribution in [1.82, 2.24) is 5.32 Å². The van der Waals surface area contributed by atoms with Gasteiger partial charge in [0.15, 0.2) is 9.84 Å². The third-order valence-corrected chi connectivity index (χ3v) is 5.74. The van der Waals surface area contributed by atoms with Crippen LogP contribution in [-0.2, 0) is 9.84 Å². The SMILES string of the molecule is CCCS(=O)(=O)c1ccc(NC2CCCNC2C)cc1. The minimum Gasteiger partial charge on any atom is -0.381 e. The topological polar surface area (TPSA) is 58.2 Å². The van der Waals surface area contributed by atoms with Crippen LogP contribution in [-0.4, -0.2) is 32.8 Å². The molecule has 2 N–H and O–H groups in total. The summed E-state index contributed by atoms with van der Waals surface area (Å²) >= 11 is 0. The fourth-order valence-electron chi connectivity index (χ4n) is 2.60. The summed E-state index contributed by atoms with van der Waals surface area (Å²) in [6.07, 6.45) is 2.96. The van der Waals surface area contributed by atoms with Gasteiger partial charge in [-0.2, -0.15) is 0 Å². The van der Waals surface area contributed by atoms with Crippen molar-refractivity contribution in [1.29, 1.82) is 0 Å². The van der Waals surface area contributed by atoms with Crippen LogP contribution in [0.25, 0.3) is 0 Å². The molecule has 1 aliphatic heterocycles. The van der Waals surface area contributed by atoms with Gasteiger partial charge < -0.3 is 10.6 Å². The van der Waals surface area contributed by atoms with Crippen LogP contribution >= 0.6 is 0 Å². The Morgan fingerprint density at radius 1 is 1.30 bits per heavy atom. The van der Waals surface area contributed by atoms with Crippen molar-refractivity contribution >= 4 is 15.5 Å². The van der Waals surface area contributed by atoms with Crippen molar-refractivity contribution in [2.45, 2.75) is 50.1 Å². The van der Waals surface area contributed by atoms with Crippen molar-refractivity contribution < 1.29 is 8.42 Å². The zero-order valence-corrected chi connectivity index (χ0v) is 13.0. The Bertz CT molecular complexity index is 525. The molecule has 1 aliphatic rings. The second kappa shape index (κ2) is 6.59. The fraction of sp³-hybridized carbons (Fsp3) is 0.600. The molecule has 2 rings (SSSR count). The molecule has 0 aliphatic carbocycles. The third kappa shape index (κ3) is 3.73. The van der Waals surface area contributed by atoms with E-state index in [-0.39, 0.29) is 5.75 Å². The first-order valence-electron chi connectivity index (χ1n) is 7.35. The van der Waals surface area contributed by atoms with Crippen molar-refractivity contribution in [3.8, 4) is 0 Å². The van der Waals surface area contributed by atoms with Gasteiger partial charge in [-0.3, -0.25) is 0 Å². The van der Waals surface area contributed by atoms with E-state index in [1.165, 1.54) is 6.42 Å². The largest absolute Gasteiger partial charge is 0.381 e. The van der Waals surface area contributed by atoms with Crippen molar-refractivity contribution in [2.75, 3.05) is 17.6 Å². The van der Waals surface area contributed by atoms with Crippen LogP contribution < -0.4 is 10.6 Å². The van der Waals surface area contributed by atoms with E-state index in [9.17, 15) is 8.42 Å². The highest BCUT2D eigenvalue weighted by molar-refractivity contribution is 7.91. The van der Waals surface area contributed by atoms with Gasteiger partial charge in [0.1, 0.15) is 0 Å². The highest BCUT2D eigenvalue weighted by atomic mass is 32.2. The minimum absolute atomic E-state index is 0.212. The van der Waals surface area contributed by atoms with Crippen LogP contribution in [0.15, 0.2) is 29.2 Å². The smallest absolute Gasteiger partial charge is 0.178 e. The maximum Gasteiger partial charge on any atom is 0.178 e. The molecule has 1 heterocycles. The molecular weight excluding hydrogens is 272 g/mol. The van der Waals surface area contributed by atoms with E-state index in [4.69, 9.17) is 0 Å². The van der Waals surface area contributed by atoms with E-state index >= 15 is 0 Å². The van der Waals surface area contributed by atoms with Gasteiger partial charge in [-0.05, 0) is 57.0 Å². The number of sulfone groups is 1. The summed E-state index contributed by atoms with van der Waals surface area (Å²) in [5.41, 5.74) is 0.987. The normalized spacial score (nSPS) is 23.5. The molecule has 1 fully saturated rings. The molecule has 5 heteroatoms. The zero-order chi connectivity index (χ0) is 14.6. The fourth-order valence-corrected chi connectivity index (χ4v) is 3.92. The van der Waals surface area contributed by atoms with Crippen LogP contribution in [0.4, 0.5) is 5.69 Å². The molecule has 0 saturated carbocycles. The molecule has 1 aromatic rings. The molecule has 1 saturated heterocycles. The molecule has 0 bridgehead atoms. The van der Waals surface area contributed by atoms with Crippen LogP contribution in [0.3, 0.4) is 0 Å².